The number of carbonyl (C=O) groups is 1. The zero-order chi connectivity index (χ0) is 13.7. The van der Waals surface area contributed by atoms with Crippen molar-refractivity contribution < 1.29 is 19.0 Å². The Hall–Kier alpha value is -0.650. The summed E-state index contributed by atoms with van der Waals surface area (Å²) in [5, 5.41) is 0. The van der Waals surface area contributed by atoms with Gasteiger partial charge in [0.05, 0.1) is 24.7 Å². The van der Waals surface area contributed by atoms with Crippen LogP contribution in [0.3, 0.4) is 0 Å². The third-order valence-corrected chi connectivity index (χ3v) is 4.25. The summed E-state index contributed by atoms with van der Waals surface area (Å²) in [7, 11) is 3.36. The highest BCUT2D eigenvalue weighted by molar-refractivity contribution is 5.84. The van der Waals surface area contributed by atoms with Gasteiger partial charge in [-0.1, -0.05) is 6.42 Å². The van der Waals surface area contributed by atoms with Crippen LogP contribution in [0.2, 0.25) is 0 Å². The lowest BCUT2D eigenvalue weighted by atomic mass is 9.68. The van der Waals surface area contributed by atoms with E-state index in [9.17, 15) is 4.79 Å². The van der Waals surface area contributed by atoms with Gasteiger partial charge in [-0.05, 0) is 19.3 Å². The van der Waals surface area contributed by atoms with Gasteiger partial charge in [-0.25, -0.2) is 0 Å². The van der Waals surface area contributed by atoms with Gasteiger partial charge in [0, 0.05) is 33.9 Å². The van der Waals surface area contributed by atoms with Crippen molar-refractivity contribution >= 4 is 5.91 Å². The van der Waals surface area contributed by atoms with Gasteiger partial charge < -0.3 is 19.1 Å². The second-order valence-electron chi connectivity index (χ2n) is 5.59. The Morgan fingerprint density at radius 1 is 1.37 bits per heavy atom. The molecule has 0 N–H and O–H groups in total. The number of nitrogens with zero attached hydrogens (tertiary/aromatic N) is 1. The average Bonchev–Trinajstić information content (AvgIpc) is 2.40. The second-order valence-corrected chi connectivity index (χ2v) is 5.59. The molecule has 5 heteroatoms. The lowest BCUT2D eigenvalue weighted by Crippen LogP contribution is -2.55. The van der Waals surface area contributed by atoms with Gasteiger partial charge in [-0.3, -0.25) is 4.79 Å². The summed E-state index contributed by atoms with van der Waals surface area (Å²) in [5.74, 6) is 0.256. The van der Waals surface area contributed by atoms with Crippen LogP contribution in [-0.2, 0) is 19.0 Å². The Kier molecular flexibility index (Phi) is 5.19. The molecule has 0 radical (unpaired) electrons. The third kappa shape index (κ3) is 3.27. The van der Waals surface area contributed by atoms with Crippen LogP contribution in [0.1, 0.15) is 25.7 Å². The quantitative estimate of drug-likeness (QED) is 0.725. The lowest BCUT2D eigenvalue weighted by molar-refractivity contribution is -0.159. The van der Waals surface area contributed by atoms with Crippen molar-refractivity contribution in [3.8, 4) is 0 Å². The van der Waals surface area contributed by atoms with Crippen molar-refractivity contribution in [1.82, 2.24) is 4.90 Å². The number of hydrogen-bond acceptors (Lipinski definition) is 4. The van der Waals surface area contributed by atoms with Crippen LogP contribution in [0.4, 0.5) is 0 Å². The number of rotatable bonds is 6. The first-order valence-electron chi connectivity index (χ1n) is 7.11. The van der Waals surface area contributed by atoms with E-state index in [1.165, 1.54) is 0 Å². The largest absolute Gasteiger partial charge is 0.385 e. The van der Waals surface area contributed by atoms with Crippen molar-refractivity contribution in [2.75, 3.05) is 47.1 Å². The molecule has 0 spiro atoms. The zero-order valence-electron chi connectivity index (χ0n) is 12.0. The van der Waals surface area contributed by atoms with E-state index in [2.05, 4.69) is 0 Å². The molecule has 2 rings (SSSR count). The number of morpholine rings is 1. The van der Waals surface area contributed by atoms with E-state index >= 15 is 0 Å². The topological polar surface area (TPSA) is 48.0 Å². The molecule has 0 aromatic carbocycles. The zero-order valence-corrected chi connectivity index (χ0v) is 12.0. The maximum absolute atomic E-state index is 12.7. The smallest absolute Gasteiger partial charge is 0.231 e. The fourth-order valence-corrected chi connectivity index (χ4v) is 2.96. The second kappa shape index (κ2) is 6.68. The summed E-state index contributed by atoms with van der Waals surface area (Å²) in [6, 6.07) is 0. The van der Waals surface area contributed by atoms with Gasteiger partial charge in [0.15, 0.2) is 0 Å². The standard InChI is InChI=1S/C14H25NO4/c1-17-8-4-12-10-15(7-9-19-12)13(16)14(11-18-2)5-3-6-14/h12H,3-11H2,1-2H3/t12-/m1/s1. The molecule has 1 aliphatic carbocycles. The summed E-state index contributed by atoms with van der Waals surface area (Å²) < 4.78 is 16.0. The summed E-state index contributed by atoms with van der Waals surface area (Å²) >= 11 is 0. The van der Waals surface area contributed by atoms with Gasteiger partial charge >= 0.3 is 0 Å². The minimum absolute atomic E-state index is 0.109. The normalized spacial score (nSPS) is 26.0. The van der Waals surface area contributed by atoms with Crippen molar-refractivity contribution in [2.24, 2.45) is 5.41 Å². The van der Waals surface area contributed by atoms with E-state index in [0.29, 0.717) is 32.9 Å². The maximum Gasteiger partial charge on any atom is 0.231 e. The van der Waals surface area contributed by atoms with E-state index in [0.717, 1.165) is 25.7 Å². The van der Waals surface area contributed by atoms with E-state index in [-0.39, 0.29) is 17.4 Å². The predicted molar refractivity (Wildman–Crippen MR) is 71.0 cm³/mol. The molecule has 0 aromatic rings. The first-order chi connectivity index (χ1) is 9.22. The minimum atomic E-state index is -0.252. The van der Waals surface area contributed by atoms with Crippen molar-refractivity contribution in [3.05, 3.63) is 0 Å². The Morgan fingerprint density at radius 2 is 2.16 bits per heavy atom. The summed E-state index contributed by atoms with van der Waals surface area (Å²) in [5.41, 5.74) is -0.252. The maximum atomic E-state index is 12.7. The molecule has 1 heterocycles. The molecular formula is C14H25NO4. The molecule has 110 valence electrons. The van der Waals surface area contributed by atoms with Crippen LogP contribution in [0, 0.1) is 5.41 Å². The van der Waals surface area contributed by atoms with Crippen LogP contribution >= 0.6 is 0 Å². The van der Waals surface area contributed by atoms with E-state index in [4.69, 9.17) is 14.2 Å². The van der Waals surface area contributed by atoms with E-state index in [1.54, 1.807) is 14.2 Å². The number of ether oxygens (including phenoxy) is 3. The molecule has 1 saturated carbocycles. The van der Waals surface area contributed by atoms with Gasteiger partial charge in [0.2, 0.25) is 5.91 Å². The van der Waals surface area contributed by atoms with Gasteiger partial charge in [0.25, 0.3) is 0 Å². The Balaban J connectivity index is 1.91. The number of hydrogen-bond donors (Lipinski definition) is 0. The van der Waals surface area contributed by atoms with Crippen LogP contribution in [-0.4, -0.2) is 64.0 Å². The van der Waals surface area contributed by atoms with Crippen LogP contribution in [0.5, 0.6) is 0 Å². The SMILES string of the molecule is COCC[C@@H]1CN(C(=O)C2(COC)CCC2)CCO1. The summed E-state index contributed by atoms with van der Waals surface area (Å²) in [4.78, 5) is 14.6. The van der Waals surface area contributed by atoms with Crippen LogP contribution in [0.25, 0.3) is 0 Å². The molecule has 1 aliphatic heterocycles. The lowest BCUT2D eigenvalue weighted by Gasteiger charge is -2.45. The minimum Gasteiger partial charge on any atom is -0.385 e. The molecular weight excluding hydrogens is 246 g/mol. The van der Waals surface area contributed by atoms with E-state index in [1.807, 2.05) is 4.90 Å². The first-order valence-corrected chi connectivity index (χ1v) is 7.11. The van der Waals surface area contributed by atoms with Crippen LogP contribution < -0.4 is 0 Å². The molecule has 5 nitrogen and oxygen atoms in total. The third-order valence-electron chi connectivity index (χ3n) is 4.25. The Bertz CT molecular complexity index is 304. The van der Waals surface area contributed by atoms with Gasteiger partial charge in [-0.15, -0.1) is 0 Å². The van der Waals surface area contributed by atoms with Crippen molar-refractivity contribution in [3.63, 3.8) is 0 Å². The van der Waals surface area contributed by atoms with E-state index < -0.39 is 0 Å². The highest BCUT2D eigenvalue weighted by Crippen LogP contribution is 2.43. The highest BCUT2D eigenvalue weighted by Gasteiger charge is 2.47. The monoisotopic (exact) mass is 271 g/mol. The summed E-state index contributed by atoms with van der Waals surface area (Å²) in [6.07, 6.45) is 4.00. The molecule has 2 aliphatic rings. The Morgan fingerprint density at radius 3 is 2.74 bits per heavy atom. The first kappa shape index (κ1) is 14.8. The van der Waals surface area contributed by atoms with Crippen molar-refractivity contribution in [2.45, 2.75) is 31.8 Å². The number of methoxy groups -OCH3 is 2. The molecule has 0 aromatic heterocycles. The van der Waals surface area contributed by atoms with Crippen molar-refractivity contribution in [1.29, 1.82) is 0 Å². The molecule has 1 amide bonds. The predicted octanol–water partition coefficient (Wildman–Crippen LogP) is 1.07. The molecule has 1 atom stereocenters. The summed E-state index contributed by atoms with van der Waals surface area (Å²) in [6.45, 7) is 3.24. The number of carbonyl (C=O) groups excluding carboxylic acids is 1. The fourth-order valence-electron chi connectivity index (χ4n) is 2.96. The molecule has 19 heavy (non-hydrogen) atoms. The fraction of sp³-hybridized carbons (Fsp3) is 0.929. The van der Waals surface area contributed by atoms with Gasteiger partial charge in [-0.2, -0.15) is 0 Å². The number of amides is 1. The Labute approximate surface area is 115 Å². The molecule has 0 unspecified atom stereocenters. The van der Waals surface area contributed by atoms with Crippen LogP contribution in [0.15, 0.2) is 0 Å². The van der Waals surface area contributed by atoms with Gasteiger partial charge in [0.1, 0.15) is 0 Å². The molecule has 0 bridgehead atoms. The molecule has 2 fully saturated rings. The molecule has 1 saturated heterocycles. The highest BCUT2D eigenvalue weighted by atomic mass is 16.5. The average molecular weight is 271 g/mol.